The van der Waals surface area contributed by atoms with E-state index in [1.165, 1.54) is 19.3 Å². The quantitative estimate of drug-likeness (QED) is 0.740. The lowest BCUT2D eigenvalue weighted by molar-refractivity contribution is 0.0806. The number of nitrogens with one attached hydrogen (secondary N) is 1. The van der Waals surface area contributed by atoms with Gasteiger partial charge in [-0.1, -0.05) is 6.92 Å². The molecule has 0 radical (unpaired) electrons. The van der Waals surface area contributed by atoms with Gasteiger partial charge in [0.05, 0.1) is 11.6 Å². The highest BCUT2D eigenvalue weighted by molar-refractivity contribution is 5.01. The van der Waals surface area contributed by atoms with Crippen molar-refractivity contribution in [1.29, 1.82) is 0 Å². The lowest BCUT2D eigenvalue weighted by Gasteiger charge is -2.35. The maximum absolute atomic E-state index is 5.93. The summed E-state index contributed by atoms with van der Waals surface area (Å²) >= 11 is 0. The average molecular weight is 212 g/mol. The number of hydrogen-bond donors (Lipinski definition) is 2. The number of ether oxygens (including phenoxy) is 1. The molecule has 2 rings (SSSR count). The van der Waals surface area contributed by atoms with E-state index in [0.717, 1.165) is 18.9 Å². The van der Waals surface area contributed by atoms with E-state index in [-0.39, 0.29) is 11.6 Å². The van der Waals surface area contributed by atoms with Gasteiger partial charge in [-0.2, -0.15) is 0 Å². The lowest BCUT2D eigenvalue weighted by Crippen LogP contribution is -2.58. The highest BCUT2D eigenvalue weighted by Gasteiger charge is 2.42. The molecule has 1 aliphatic carbocycles. The van der Waals surface area contributed by atoms with Gasteiger partial charge in [0.1, 0.15) is 0 Å². The van der Waals surface area contributed by atoms with Gasteiger partial charge in [-0.3, -0.25) is 0 Å². The fourth-order valence-corrected chi connectivity index (χ4v) is 3.04. The monoisotopic (exact) mass is 212 g/mol. The molecule has 2 fully saturated rings. The van der Waals surface area contributed by atoms with Crippen LogP contribution >= 0.6 is 0 Å². The Kier molecular flexibility index (Phi) is 3.33. The van der Waals surface area contributed by atoms with E-state index in [0.29, 0.717) is 12.6 Å². The molecule has 0 aromatic heterocycles. The van der Waals surface area contributed by atoms with Crippen LogP contribution in [-0.2, 0) is 4.74 Å². The first-order valence-electron chi connectivity index (χ1n) is 6.25. The maximum atomic E-state index is 5.93. The summed E-state index contributed by atoms with van der Waals surface area (Å²) in [6, 6.07) is 0.660. The first-order chi connectivity index (χ1) is 7.16. The van der Waals surface area contributed by atoms with Crippen LogP contribution in [0, 0.1) is 5.92 Å². The van der Waals surface area contributed by atoms with Crippen LogP contribution in [0.2, 0.25) is 0 Å². The summed E-state index contributed by atoms with van der Waals surface area (Å²) in [5.74, 6) is 0.870. The largest absolute Gasteiger partial charge is 0.376 e. The molecule has 0 aromatic rings. The summed E-state index contributed by atoms with van der Waals surface area (Å²) in [5.41, 5.74) is 5.98. The Morgan fingerprint density at radius 3 is 2.67 bits per heavy atom. The van der Waals surface area contributed by atoms with E-state index < -0.39 is 0 Å². The average Bonchev–Trinajstić information content (AvgIpc) is 2.76. The van der Waals surface area contributed by atoms with Crippen molar-refractivity contribution in [3.63, 3.8) is 0 Å². The molecule has 4 unspecified atom stereocenters. The zero-order chi connectivity index (χ0) is 10.9. The Labute approximate surface area is 92.7 Å². The van der Waals surface area contributed by atoms with Crippen molar-refractivity contribution in [3.8, 4) is 0 Å². The molecular weight excluding hydrogens is 188 g/mol. The van der Waals surface area contributed by atoms with E-state index in [1.54, 1.807) is 0 Å². The predicted molar refractivity (Wildman–Crippen MR) is 61.8 cm³/mol. The minimum atomic E-state index is 0.0503. The molecule has 3 heteroatoms. The predicted octanol–water partition coefficient (Wildman–Crippen LogP) is 1.27. The first-order valence-corrected chi connectivity index (χ1v) is 6.25. The maximum Gasteiger partial charge on any atom is 0.0741 e. The van der Waals surface area contributed by atoms with Crippen molar-refractivity contribution in [2.45, 2.75) is 57.2 Å². The van der Waals surface area contributed by atoms with Crippen LogP contribution < -0.4 is 11.1 Å². The molecular formula is C12H24N2O. The van der Waals surface area contributed by atoms with E-state index in [4.69, 9.17) is 10.5 Å². The number of nitrogens with two attached hydrogens (primary N) is 1. The molecule has 0 bridgehead atoms. The molecule has 3 N–H and O–H groups in total. The SMILES string of the molecule is CC1CCC(NC2(CN)CCOC2C)C1. The van der Waals surface area contributed by atoms with Gasteiger partial charge in [0.25, 0.3) is 0 Å². The van der Waals surface area contributed by atoms with Gasteiger partial charge < -0.3 is 15.8 Å². The zero-order valence-electron chi connectivity index (χ0n) is 9.96. The fourth-order valence-electron chi connectivity index (χ4n) is 3.04. The Hall–Kier alpha value is -0.120. The van der Waals surface area contributed by atoms with Crippen molar-refractivity contribution in [1.82, 2.24) is 5.32 Å². The molecule has 0 spiro atoms. The van der Waals surface area contributed by atoms with E-state index in [9.17, 15) is 0 Å². The van der Waals surface area contributed by atoms with Crippen molar-refractivity contribution in [2.75, 3.05) is 13.2 Å². The Bertz CT molecular complexity index is 222. The van der Waals surface area contributed by atoms with Crippen LogP contribution in [-0.4, -0.2) is 30.8 Å². The van der Waals surface area contributed by atoms with Crippen molar-refractivity contribution >= 4 is 0 Å². The van der Waals surface area contributed by atoms with Gasteiger partial charge in [-0.05, 0) is 38.5 Å². The summed E-state index contributed by atoms with van der Waals surface area (Å²) in [6.45, 7) is 6.03. The second-order valence-electron chi connectivity index (χ2n) is 5.38. The summed E-state index contributed by atoms with van der Waals surface area (Å²) in [7, 11) is 0. The van der Waals surface area contributed by atoms with E-state index >= 15 is 0 Å². The van der Waals surface area contributed by atoms with Crippen molar-refractivity contribution < 1.29 is 4.74 Å². The van der Waals surface area contributed by atoms with E-state index in [2.05, 4.69) is 19.2 Å². The summed E-state index contributed by atoms with van der Waals surface area (Å²) in [6.07, 6.45) is 5.28. The van der Waals surface area contributed by atoms with Gasteiger partial charge in [0, 0.05) is 19.2 Å². The Morgan fingerprint density at radius 2 is 2.20 bits per heavy atom. The van der Waals surface area contributed by atoms with Crippen LogP contribution in [0.4, 0.5) is 0 Å². The summed E-state index contributed by atoms with van der Waals surface area (Å²) in [5, 5.41) is 3.77. The Morgan fingerprint density at radius 1 is 1.40 bits per heavy atom. The van der Waals surface area contributed by atoms with Crippen LogP contribution in [0.1, 0.15) is 39.5 Å². The molecule has 0 amide bonds. The minimum absolute atomic E-state index is 0.0503. The van der Waals surface area contributed by atoms with Crippen molar-refractivity contribution in [3.05, 3.63) is 0 Å². The molecule has 88 valence electrons. The van der Waals surface area contributed by atoms with Gasteiger partial charge >= 0.3 is 0 Å². The highest BCUT2D eigenvalue weighted by atomic mass is 16.5. The third-order valence-electron chi connectivity index (χ3n) is 4.24. The van der Waals surface area contributed by atoms with Crippen LogP contribution in [0.5, 0.6) is 0 Å². The normalized spacial score (nSPS) is 46.2. The molecule has 1 saturated heterocycles. The summed E-state index contributed by atoms with van der Waals surface area (Å²) in [4.78, 5) is 0. The van der Waals surface area contributed by atoms with Crippen LogP contribution in [0.3, 0.4) is 0 Å². The fraction of sp³-hybridized carbons (Fsp3) is 1.00. The molecule has 2 aliphatic rings. The van der Waals surface area contributed by atoms with Gasteiger partial charge in [0.15, 0.2) is 0 Å². The summed E-state index contributed by atoms with van der Waals surface area (Å²) < 4.78 is 5.65. The third-order valence-corrected chi connectivity index (χ3v) is 4.24. The first kappa shape index (κ1) is 11.4. The smallest absolute Gasteiger partial charge is 0.0741 e. The molecule has 3 nitrogen and oxygen atoms in total. The minimum Gasteiger partial charge on any atom is -0.376 e. The molecule has 4 atom stereocenters. The number of hydrogen-bond acceptors (Lipinski definition) is 3. The van der Waals surface area contributed by atoms with Gasteiger partial charge in [-0.15, -0.1) is 0 Å². The highest BCUT2D eigenvalue weighted by Crippen LogP contribution is 2.31. The third kappa shape index (κ3) is 2.19. The van der Waals surface area contributed by atoms with Crippen molar-refractivity contribution in [2.24, 2.45) is 11.7 Å². The number of rotatable bonds is 3. The van der Waals surface area contributed by atoms with Crippen LogP contribution in [0.15, 0.2) is 0 Å². The van der Waals surface area contributed by atoms with Gasteiger partial charge in [0.2, 0.25) is 0 Å². The van der Waals surface area contributed by atoms with E-state index in [1.807, 2.05) is 0 Å². The molecule has 0 aromatic carbocycles. The second kappa shape index (κ2) is 4.40. The van der Waals surface area contributed by atoms with Crippen LogP contribution in [0.25, 0.3) is 0 Å². The molecule has 15 heavy (non-hydrogen) atoms. The topological polar surface area (TPSA) is 47.3 Å². The zero-order valence-corrected chi connectivity index (χ0v) is 9.96. The van der Waals surface area contributed by atoms with Gasteiger partial charge in [-0.25, -0.2) is 0 Å². The molecule has 1 heterocycles. The molecule has 1 aliphatic heterocycles. The Balaban J connectivity index is 1.96. The standard InChI is InChI=1S/C12H24N2O/c1-9-3-4-11(7-9)14-12(8-13)5-6-15-10(12)2/h9-11,14H,3-8,13H2,1-2H3. The molecule has 1 saturated carbocycles. The second-order valence-corrected chi connectivity index (χ2v) is 5.38. The lowest BCUT2D eigenvalue weighted by atomic mass is 9.90.